The maximum atomic E-state index is 4.17. The zero-order valence-electron chi connectivity index (χ0n) is 11.7. The molecule has 1 aromatic rings. The van der Waals surface area contributed by atoms with Crippen LogP contribution in [0.1, 0.15) is 33.6 Å². The van der Waals surface area contributed by atoms with Gasteiger partial charge in [0.05, 0.1) is 0 Å². The van der Waals surface area contributed by atoms with Gasteiger partial charge in [0, 0.05) is 24.8 Å². The maximum Gasteiger partial charge on any atom is 0.151 e. The molecule has 18 heavy (non-hydrogen) atoms. The molecule has 1 N–H and O–H groups in total. The van der Waals surface area contributed by atoms with E-state index < -0.39 is 0 Å². The van der Waals surface area contributed by atoms with Crippen LogP contribution >= 0.6 is 0 Å². The number of hydrogen-bond donors (Lipinski definition) is 1. The van der Waals surface area contributed by atoms with Gasteiger partial charge in [0.25, 0.3) is 0 Å². The van der Waals surface area contributed by atoms with Crippen molar-refractivity contribution in [3.63, 3.8) is 0 Å². The molecule has 0 aliphatic carbocycles. The van der Waals surface area contributed by atoms with Crippen molar-refractivity contribution in [3.8, 4) is 0 Å². The fraction of sp³-hybridized carbons (Fsp3) is 0.714. The van der Waals surface area contributed by atoms with Crippen LogP contribution in [0.3, 0.4) is 0 Å². The minimum atomic E-state index is 0.224. The van der Waals surface area contributed by atoms with Crippen LogP contribution < -0.4 is 10.2 Å². The molecule has 1 saturated heterocycles. The van der Waals surface area contributed by atoms with Gasteiger partial charge in [0.2, 0.25) is 0 Å². The Morgan fingerprint density at radius 2 is 2.06 bits per heavy atom. The minimum absolute atomic E-state index is 0.224. The average Bonchev–Trinajstić information content (AvgIpc) is 2.37. The van der Waals surface area contributed by atoms with Gasteiger partial charge in [0.15, 0.2) is 5.82 Å². The van der Waals surface area contributed by atoms with E-state index in [0.717, 1.165) is 31.4 Å². The Bertz CT molecular complexity index is 350. The van der Waals surface area contributed by atoms with E-state index in [1.54, 1.807) is 6.20 Å². The number of anilines is 1. The van der Waals surface area contributed by atoms with Gasteiger partial charge in [0.1, 0.15) is 0 Å². The zero-order chi connectivity index (χ0) is 13.0. The molecule has 4 heteroatoms. The first-order valence-corrected chi connectivity index (χ1v) is 6.82. The third kappa shape index (κ3) is 3.95. The number of nitrogens with zero attached hydrogens (tertiary/aromatic N) is 3. The summed E-state index contributed by atoms with van der Waals surface area (Å²) >= 11 is 0. The predicted molar refractivity (Wildman–Crippen MR) is 74.7 cm³/mol. The second kappa shape index (κ2) is 5.65. The van der Waals surface area contributed by atoms with Crippen LogP contribution in [0, 0.1) is 5.92 Å². The zero-order valence-corrected chi connectivity index (χ0v) is 11.7. The molecule has 1 aliphatic rings. The highest BCUT2D eigenvalue weighted by molar-refractivity contribution is 5.36. The summed E-state index contributed by atoms with van der Waals surface area (Å²) in [6.45, 7) is 9.98. The summed E-state index contributed by atoms with van der Waals surface area (Å²) < 4.78 is 0. The van der Waals surface area contributed by atoms with E-state index in [-0.39, 0.29) is 5.54 Å². The molecular formula is C14H24N4. The van der Waals surface area contributed by atoms with Gasteiger partial charge < -0.3 is 10.2 Å². The Labute approximate surface area is 110 Å². The topological polar surface area (TPSA) is 41.0 Å². The van der Waals surface area contributed by atoms with E-state index in [9.17, 15) is 0 Å². The standard InChI is InChI=1S/C14H24N4/c1-14(2,3)15-11-12-6-9-18(10-7-12)13-5-4-8-16-17-13/h4-5,8,12,15H,6-7,9-11H2,1-3H3. The van der Waals surface area contributed by atoms with E-state index >= 15 is 0 Å². The summed E-state index contributed by atoms with van der Waals surface area (Å²) in [5.41, 5.74) is 0.224. The maximum absolute atomic E-state index is 4.17. The quantitative estimate of drug-likeness (QED) is 0.889. The van der Waals surface area contributed by atoms with Crippen molar-refractivity contribution in [2.45, 2.75) is 39.2 Å². The largest absolute Gasteiger partial charge is 0.355 e. The highest BCUT2D eigenvalue weighted by Gasteiger charge is 2.21. The van der Waals surface area contributed by atoms with Gasteiger partial charge in [-0.1, -0.05) is 0 Å². The lowest BCUT2D eigenvalue weighted by Gasteiger charge is -2.34. The lowest BCUT2D eigenvalue weighted by Crippen LogP contribution is -2.43. The number of rotatable bonds is 3. The van der Waals surface area contributed by atoms with Crippen LogP contribution in [-0.4, -0.2) is 35.4 Å². The SMILES string of the molecule is CC(C)(C)NCC1CCN(c2cccnn2)CC1. The molecule has 0 radical (unpaired) electrons. The molecule has 0 atom stereocenters. The highest BCUT2D eigenvalue weighted by atomic mass is 15.3. The molecule has 1 aliphatic heterocycles. The Morgan fingerprint density at radius 3 is 2.61 bits per heavy atom. The van der Waals surface area contributed by atoms with Gasteiger partial charge in [-0.05, 0) is 58.2 Å². The average molecular weight is 248 g/mol. The first-order chi connectivity index (χ1) is 8.54. The van der Waals surface area contributed by atoms with Crippen molar-refractivity contribution in [3.05, 3.63) is 18.3 Å². The fourth-order valence-electron chi connectivity index (χ4n) is 2.28. The lowest BCUT2D eigenvalue weighted by molar-refractivity contribution is 0.328. The van der Waals surface area contributed by atoms with Crippen molar-refractivity contribution in [2.24, 2.45) is 5.92 Å². The smallest absolute Gasteiger partial charge is 0.151 e. The van der Waals surface area contributed by atoms with Gasteiger partial charge in [-0.3, -0.25) is 0 Å². The monoisotopic (exact) mass is 248 g/mol. The van der Waals surface area contributed by atoms with Crippen molar-refractivity contribution in [1.82, 2.24) is 15.5 Å². The van der Waals surface area contributed by atoms with Crippen molar-refractivity contribution < 1.29 is 0 Å². The van der Waals surface area contributed by atoms with Gasteiger partial charge in [-0.2, -0.15) is 5.10 Å². The molecule has 0 aromatic carbocycles. The summed E-state index contributed by atoms with van der Waals surface area (Å²) in [6, 6.07) is 4.00. The van der Waals surface area contributed by atoms with Crippen molar-refractivity contribution in [1.29, 1.82) is 0 Å². The second-order valence-corrected chi connectivity index (χ2v) is 6.14. The van der Waals surface area contributed by atoms with E-state index in [4.69, 9.17) is 0 Å². The van der Waals surface area contributed by atoms with Crippen LogP contribution in [0.25, 0.3) is 0 Å². The molecule has 2 heterocycles. The molecule has 0 saturated carbocycles. The number of hydrogen-bond acceptors (Lipinski definition) is 4. The first-order valence-electron chi connectivity index (χ1n) is 6.82. The molecule has 0 amide bonds. The van der Waals surface area contributed by atoms with E-state index in [0.29, 0.717) is 0 Å². The molecule has 1 aromatic heterocycles. The fourth-order valence-corrected chi connectivity index (χ4v) is 2.28. The Kier molecular flexibility index (Phi) is 4.17. The van der Waals surface area contributed by atoms with Crippen LogP contribution in [0.4, 0.5) is 5.82 Å². The molecule has 0 bridgehead atoms. The number of nitrogens with one attached hydrogen (secondary N) is 1. The minimum Gasteiger partial charge on any atom is -0.355 e. The molecule has 1 fully saturated rings. The highest BCUT2D eigenvalue weighted by Crippen LogP contribution is 2.21. The van der Waals surface area contributed by atoms with Crippen LogP contribution in [0.5, 0.6) is 0 Å². The first kappa shape index (κ1) is 13.3. The predicted octanol–water partition coefficient (Wildman–Crippen LogP) is 2.08. The summed E-state index contributed by atoms with van der Waals surface area (Å²) in [6.07, 6.45) is 4.20. The summed E-state index contributed by atoms with van der Waals surface area (Å²) in [5.74, 6) is 1.80. The van der Waals surface area contributed by atoms with E-state index in [1.165, 1.54) is 12.8 Å². The summed E-state index contributed by atoms with van der Waals surface area (Å²) in [7, 11) is 0. The van der Waals surface area contributed by atoms with E-state index in [1.807, 2.05) is 12.1 Å². The third-order valence-electron chi connectivity index (χ3n) is 3.42. The third-order valence-corrected chi connectivity index (χ3v) is 3.42. The molecular weight excluding hydrogens is 224 g/mol. The van der Waals surface area contributed by atoms with Gasteiger partial charge in [-0.25, -0.2) is 0 Å². The second-order valence-electron chi connectivity index (χ2n) is 6.14. The van der Waals surface area contributed by atoms with Crippen molar-refractivity contribution >= 4 is 5.82 Å². The van der Waals surface area contributed by atoms with Crippen LogP contribution in [0.2, 0.25) is 0 Å². The molecule has 0 unspecified atom stereocenters. The normalized spacial score (nSPS) is 18.1. The number of piperidine rings is 1. The summed E-state index contributed by atoms with van der Waals surface area (Å²) in [5, 5.41) is 11.7. The Balaban J connectivity index is 1.78. The van der Waals surface area contributed by atoms with Crippen LogP contribution in [0.15, 0.2) is 18.3 Å². The van der Waals surface area contributed by atoms with Gasteiger partial charge >= 0.3 is 0 Å². The summed E-state index contributed by atoms with van der Waals surface area (Å²) in [4.78, 5) is 2.33. The Hall–Kier alpha value is -1.16. The number of aromatic nitrogens is 2. The molecule has 2 rings (SSSR count). The molecule has 100 valence electrons. The van der Waals surface area contributed by atoms with Gasteiger partial charge in [-0.15, -0.1) is 5.10 Å². The van der Waals surface area contributed by atoms with Crippen molar-refractivity contribution in [2.75, 3.05) is 24.5 Å². The van der Waals surface area contributed by atoms with Crippen LogP contribution in [-0.2, 0) is 0 Å². The molecule has 4 nitrogen and oxygen atoms in total. The molecule has 0 spiro atoms. The Morgan fingerprint density at radius 1 is 1.33 bits per heavy atom. The lowest BCUT2D eigenvalue weighted by atomic mass is 9.95. The van der Waals surface area contributed by atoms with E-state index in [2.05, 4.69) is 41.2 Å².